The lowest BCUT2D eigenvalue weighted by Gasteiger charge is -2.21. The highest BCUT2D eigenvalue weighted by molar-refractivity contribution is 6.31. The highest BCUT2D eigenvalue weighted by atomic mass is 35.5. The zero-order valence-electron chi connectivity index (χ0n) is 13.6. The van der Waals surface area contributed by atoms with Crippen molar-refractivity contribution in [2.75, 3.05) is 0 Å². The smallest absolute Gasteiger partial charge is 0.321 e. The number of hydrogen-bond donors (Lipinski definition) is 2. The Bertz CT molecular complexity index is 596. The van der Waals surface area contributed by atoms with Gasteiger partial charge in [0, 0.05) is 10.6 Å². The molecule has 2 N–H and O–H groups in total. The normalized spacial score (nSPS) is 12.2. The van der Waals surface area contributed by atoms with Crippen LogP contribution in [0.5, 0.6) is 0 Å². The van der Waals surface area contributed by atoms with Crippen molar-refractivity contribution in [3.63, 3.8) is 0 Å². The summed E-state index contributed by atoms with van der Waals surface area (Å²) in [6, 6.07) is 6.22. The van der Waals surface area contributed by atoms with Gasteiger partial charge in [0.2, 0.25) is 0 Å². The SMILES string of the molecule is C[C@@H](OC(=O)Cc1ccccc1Cl)C(=O)NC(=O)NC(C)(C)C. The summed E-state index contributed by atoms with van der Waals surface area (Å²) in [5.74, 6) is -1.30. The highest BCUT2D eigenvalue weighted by Gasteiger charge is 2.22. The van der Waals surface area contributed by atoms with E-state index < -0.39 is 29.6 Å². The highest BCUT2D eigenvalue weighted by Crippen LogP contribution is 2.16. The van der Waals surface area contributed by atoms with Crippen LogP contribution in [0.3, 0.4) is 0 Å². The second-order valence-electron chi connectivity index (χ2n) is 6.09. The Hall–Kier alpha value is -2.08. The first-order chi connectivity index (χ1) is 10.6. The first-order valence-corrected chi connectivity index (χ1v) is 7.52. The molecule has 1 aromatic rings. The molecule has 0 bridgehead atoms. The Labute approximate surface area is 140 Å². The van der Waals surface area contributed by atoms with Gasteiger partial charge < -0.3 is 10.1 Å². The molecule has 3 amide bonds. The topological polar surface area (TPSA) is 84.5 Å². The number of benzene rings is 1. The summed E-state index contributed by atoms with van der Waals surface area (Å²) in [6.45, 7) is 6.74. The van der Waals surface area contributed by atoms with Gasteiger partial charge in [-0.1, -0.05) is 29.8 Å². The zero-order valence-corrected chi connectivity index (χ0v) is 14.4. The first-order valence-electron chi connectivity index (χ1n) is 7.14. The maximum atomic E-state index is 11.8. The average molecular weight is 341 g/mol. The second kappa shape index (κ2) is 7.97. The van der Waals surface area contributed by atoms with Gasteiger partial charge in [0.05, 0.1) is 6.42 Å². The van der Waals surface area contributed by atoms with E-state index in [0.29, 0.717) is 10.6 Å². The minimum Gasteiger partial charge on any atom is -0.452 e. The van der Waals surface area contributed by atoms with Crippen molar-refractivity contribution in [1.82, 2.24) is 10.6 Å². The number of rotatable bonds is 4. The van der Waals surface area contributed by atoms with E-state index in [-0.39, 0.29) is 6.42 Å². The van der Waals surface area contributed by atoms with Crippen LogP contribution in [0.1, 0.15) is 33.3 Å². The van der Waals surface area contributed by atoms with E-state index in [1.807, 2.05) is 0 Å². The zero-order chi connectivity index (χ0) is 17.6. The van der Waals surface area contributed by atoms with Crippen LogP contribution in [0.4, 0.5) is 4.79 Å². The summed E-state index contributed by atoms with van der Waals surface area (Å²) in [7, 11) is 0. The third-order valence-electron chi connectivity index (χ3n) is 2.70. The van der Waals surface area contributed by atoms with Gasteiger partial charge >= 0.3 is 12.0 Å². The molecule has 0 fully saturated rings. The number of imide groups is 1. The maximum absolute atomic E-state index is 11.8. The lowest BCUT2D eigenvalue weighted by molar-refractivity contribution is -0.153. The summed E-state index contributed by atoms with van der Waals surface area (Å²) >= 11 is 5.96. The van der Waals surface area contributed by atoms with E-state index in [4.69, 9.17) is 16.3 Å². The number of amides is 3. The van der Waals surface area contributed by atoms with Crippen molar-refractivity contribution in [3.8, 4) is 0 Å². The first kappa shape index (κ1) is 19.0. The summed E-state index contributed by atoms with van der Waals surface area (Å²) in [5, 5.41) is 5.15. The van der Waals surface area contributed by atoms with Gasteiger partial charge in [-0.3, -0.25) is 14.9 Å². The number of carbonyl (C=O) groups excluding carboxylic acids is 3. The van der Waals surface area contributed by atoms with Crippen LogP contribution in [-0.4, -0.2) is 29.6 Å². The van der Waals surface area contributed by atoms with Crippen molar-refractivity contribution in [2.45, 2.75) is 45.8 Å². The number of carbonyl (C=O) groups is 3. The molecule has 0 aromatic heterocycles. The molecule has 1 atom stereocenters. The van der Waals surface area contributed by atoms with Crippen molar-refractivity contribution in [3.05, 3.63) is 34.9 Å². The molecule has 0 spiro atoms. The molecule has 0 aliphatic heterocycles. The van der Waals surface area contributed by atoms with Crippen molar-refractivity contribution in [2.24, 2.45) is 0 Å². The van der Waals surface area contributed by atoms with Gasteiger partial charge in [-0.05, 0) is 39.3 Å². The number of nitrogens with one attached hydrogen (secondary N) is 2. The minimum atomic E-state index is -1.09. The van der Waals surface area contributed by atoms with Gasteiger partial charge in [-0.15, -0.1) is 0 Å². The van der Waals surface area contributed by atoms with E-state index >= 15 is 0 Å². The summed E-state index contributed by atoms with van der Waals surface area (Å²) in [4.78, 5) is 35.2. The molecule has 6 nitrogen and oxygen atoms in total. The molecule has 0 saturated heterocycles. The Morgan fingerprint density at radius 3 is 2.39 bits per heavy atom. The Morgan fingerprint density at radius 2 is 1.83 bits per heavy atom. The third-order valence-corrected chi connectivity index (χ3v) is 3.06. The van der Waals surface area contributed by atoms with Crippen LogP contribution in [0.25, 0.3) is 0 Å². The standard InChI is InChI=1S/C16H21ClN2O4/c1-10(14(21)18-15(22)19-16(2,3)4)23-13(20)9-11-7-5-6-8-12(11)17/h5-8,10H,9H2,1-4H3,(H2,18,19,21,22)/t10-/m1/s1. The van der Waals surface area contributed by atoms with Gasteiger partial charge in [-0.2, -0.15) is 0 Å². The van der Waals surface area contributed by atoms with Gasteiger partial charge in [0.1, 0.15) is 0 Å². The Kier molecular flexibility index (Phi) is 6.57. The number of urea groups is 1. The van der Waals surface area contributed by atoms with Crippen molar-refractivity contribution in [1.29, 1.82) is 0 Å². The largest absolute Gasteiger partial charge is 0.452 e. The lowest BCUT2D eigenvalue weighted by atomic mass is 10.1. The van der Waals surface area contributed by atoms with Gasteiger partial charge in [0.25, 0.3) is 5.91 Å². The molecule has 0 heterocycles. The molecular formula is C16H21ClN2O4. The molecule has 23 heavy (non-hydrogen) atoms. The summed E-state index contributed by atoms with van der Waals surface area (Å²) in [6.07, 6.45) is -1.14. The van der Waals surface area contributed by atoms with E-state index in [0.717, 1.165) is 0 Å². The third kappa shape index (κ3) is 7.15. The molecule has 0 radical (unpaired) electrons. The summed E-state index contributed by atoms with van der Waals surface area (Å²) in [5.41, 5.74) is 0.131. The Morgan fingerprint density at radius 1 is 1.22 bits per heavy atom. The number of halogens is 1. The van der Waals surface area contributed by atoms with Crippen LogP contribution in [0.2, 0.25) is 5.02 Å². The number of esters is 1. The molecule has 1 rings (SSSR count). The molecule has 0 aliphatic rings. The predicted octanol–water partition coefficient (Wildman–Crippen LogP) is 2.44. The number of hydrogen-bond acceptors (Lipinski definition) is 4. The Balaban J connectivity index is 2.50. The lowest BCUT2D eigenvalue weighted by Crippen LogP contribution is -2.50. The quantitative estimate of drug-likeness (QED) is 0.824. The monoisotopic (exact) mass is 340 g/mol. The average Bonchev–Trinajstić information content (AvgIpc) is 2.38. The van der Waals surface area contributed by atoms with Gasteiger partial charge in [0.15, 0.2) is 6.10 Å². The van der Waals surface area contributed by atoms with Crippen LogP contribution in [0.15, 0.2) is 24.3 Å². The molecular weight excluding hydrogens is 320 g/mol. The molecule has 0 unspecified atom stereocenters. The fourth-order valence-electron chi connectivity index (χ4n) is 1.67. The van der Waals surface area contributed by atoms with Gasteiger partial charge in [-0.25, -0.2) is 4.79 Å². The molecule has 7 heteroatoms. The molecule has 0 aliphatic carbocycles. The van der Waals surface area contributed by atoms with Crippen molar-refractivity contribution >= 4 is 29.5 Å². The fourth-order valence-corrected chi connectivity index (χ4v) is 1.88. The van der Waals surface area contributed by atoms with Crippen LogP contribution >= 0.6 is 11.6 Å². The van der Waals surface area contributed by atoms with Crippen molar-refractivity contribution < 1.29 is 19.1 Å². The predicted molar refractivity (Wildman–Crippen MR) is 87.1 cm³/mol. The van der Waals surface area contributed by atoms with Crippen LogP contribution < -0.4 is 10.6 Å². The van der Waals surface area contributed by atoms with E-state index in [9.17, 15) is 14.4 Å². The molecule has 126 valence electrons. The van der Waals surface area contributed by atoms with Crippen LogP contribution in [-0.2, 0) is 20.7 Å². The molecule has 1 aromatic carbocycles. The van der Waals surface area contributed by atoms with E-state index in [2.05, 4.69) is 10.6 Å². The fraction of sp³-hybridized carbons (Fsp3) is 0.438. The van der Waals surface area contributed by atoms with E-state index in [1.54, 1.807) is 45.0 Å². The maximum Gasteiger partial charge on any atom is 0.321 e. The van der Waals surface area contributed by atoms with E-state index in [1.165, 1.54) is 6.92 Å². The number of ether oxygens (including phenoxy) is 1. The van der Waals surface area contributed by atoms with Crippen LogP contribution in [0, 0.1) is 0 Å². The minimum absolute atomic E-state index is 0.0501. The molecule has 0 saturated carbocycles. The summed E-state index contributed by atoms with van der Waals surface area (Å²) < 4.78 is 5.01. The second-order valence-corrected chi connectivity index (χ2v) is 6.50.